The maximum absolute atomic E-state index is 10.5. The highest BCUT2D eigenvalue weighted by Gasteiger charge is 2.21. The Morgan fingerprint density at radius 3 is 2.89 bits per heavy atom. The lowest BCUT2D eigenvalue weighted by molar-refractivity contribution is 0.153. The number of amides is 1. The number of hydrogen-bond donors (Lipinski definition) is 1. The zero-order valence-electron chi connectivity index (χ0n) is 11.1. The third-order valence-corrected chi connectivity index (χ3v) is 3.58. The van der Waals surface area contributed by atoms with Gasteiger partial charge in [-0.25, -0.2) is 4.79 Å². The Morgan fingerprint density at radius 2 is 2.16 bits per heavy atom. The van der Waals surface area contributed by atoms with E-state index in [1.165, 1.54) is 5.57 Å². The van der Waals surface area contributed by atoms with Crippen LogP contribution in [0.4, 0.5) is 4.79 Å². The van der Waals surface area contributed by atoms with E-state index in [-0.39, 0.29) is 0 Å². The molecule has 0 heterocycles. The van der Waals surface area contributed by atoms with Crippen molar-refractivity contribution in [2.24, 2.45) is 17.6 Å². The van der Waals surface area contributed by atoms with Gasteiger partial charge in [0, 0.05) is 5.92 Å². The van der Waals surface area contributed by atoms with Gasteiger partial charge in [-0.2, -0.15) is 0 Å². The molecule has 0 radical (unpaired) electrons. The van der Waals surface area contributed by atoms with Crippen molar-refractivity contribution < 1.29 is 9.53 Å². The number of ether oxygens (including phenoxy) is 1. The molecule has 0 spiro atoms. The van der Waals surface area contributed by atoms with Crippen LogP contribution in [0.2, 0.25) is 0 Å². The molecular formula is C16H21NO2. The van der Waals surface area contributed by atoms with Crippen LogP contribution in [-0.2, 0) is 4.74 Å². The normalized spacial score (nSPS) is 25.2. The van der Waals surface area contributed by atoms with Crippen LogP contribution >= 0.6 is 0 Å². The summed E-state index contributed by atoms with van der Waals surface area (Å²) >= 11 is 0. The maximum atomic E-state index is 10.5. The Hall–Kier alpha value is -1.77. The highest BCUT2D eigenvalue weighted by Crippen LogP contribution is 2.32. The molecule has 0 aromatic heterocycles. The first-order valence-electron chi connectivity index (χ1n) is 6.91. The predicted molar refractivity (Wildman–Crippen MR) is 76.5 cm³/mol. The zero-order valence-corrected chi connectivity index (χ0v) is 11.1. The Morgan fingerprint density at radius 1 is 1.32 bits per heavy atom. The van der Waals surface area contributed by atoms with Gasteiger partial charge in [-0.1, -0.05) is 42.5 Å². The standard InChI is InChI=1S/C16H21NO2/c17-16(18)19-12-6-10-14-9-4-5-11-15(14)13-7-2-1-3-8-13/h2,4-5,7-9,11,14-15H,1,3,6,10,12H2,(H2,17,18). The van der Waals surface area contributed by atoms with Gasteiger partial charge in [-0.15, -0.1) is 0 Å². The fourth-order valence-electron chi connectivity index (χ4n) is 2.66. The van der Waals surface area contributed by atoms with Gasteiger partial charge in [0.15, 0.2) is 0 Å². The van der Waals surface area contributed by atoms with Crippen LogP contribution in [-0.4, -0.2) is 12.7 Å². The molecule has 0 saturated heterocycles. The summed E-state index contributed by atoms with van der Waals surface area (Å²) in [6.07, 6.45) is 19.0. The molecule has 19 heavy (non-hydrogen) atoms. The fourth-order valence-corrected chi connectivity index (χ4v) is 2.66. The number of carbonyl (C=O) groups excluding carboxylic acids is 1. The van der Waals surface area contributed by atoms with E-state index in [0.29, 0.717) is 18.4 Å². The van der Waals surface area contributed by atoms with E-state index < -0.39 is 6.09 Å². The summed E-state index contributed by atoms with van der Waals surface area (Å²) in [5, 5.41) is 0. The fraction of sp³-hybridized carbons (Fsp3) is 0.438. The molecule has 2 aliphatic rings. The van der Waals surface area contributed by atoms with E-state index in [0.717, 1.165) is 25.7 Å². The molecule has 0 aliphatic heterocycles. The summed E-state index contributed by atoms with van der Waals surface area (Å²) < 4.78 is 4.78. The summed E-state index contributed by atoms with van der Waals surface area (Å²) in [4.78, 5) is 10.5. The highest BCUT2D eigenvalue weighted by molar-refractivity contribution is 5.64. The molecule has 2 atom stereocenters. The van der Waals surface area contributed by atoms with E-state index in [4.69, 9.17) is 10.5 Å². The second-order valence-electron chi connectivity index (χ2n) is 4.95. The Balaban J connectivity index is 1.88. The monoisotopic (exact) mass is 259 g/mol. The van der Waals surface area contributed by atoms with E-state index in [2.05, 4.69) is 42.5 Å². The van der Waals surface area contributed by atoms with Gasteiger partial charge in [0.25, 0.3) is 0 Å². The third kappa shape index (κ3) is 4.12. The molecule has 0 aromatic carbocycles. The lowest BCUT2D eigenvalue weighted by Crippen LogP contribution is -2.17. The number of carbonyl (C=O) groups is 1. The summed E-state index contributed by atoms with van der Waals surface area (Å²) in [6.45, 7) is 0.408. The molecule has 0 bridgehead atoms. The lowest BCUT2D eigenvalue weighted by atomic mass is 9.79. The SMILES string of the molecule is NC(=O)OCCCC1C=CC=CC1C1=CCCC=C1. The van der Waals surface area contributed by atoms with Crippen LogP contribution < -0.4 is 5.73 Å². The molecule has 2 unspecified atom stereocenters. The first-order valence-corrected chi connectivity index (χ1v) is 6.91. The van der Waals surface area contributed by atoms with Gasteiger partial charge < -0.3 is 10.5 Å². The van der Waals surface area contributed by atoms with Crippen molar-refractivity contribution >= 4 is 6.09 Å². The summed E-state index contributed by atoms with van der Waals surface area (Å²) in [5.74, 6) is 0.936. The highest BCUT2D eigenvalue weighted by atomic mass is 16.5. The minimum atomic E-state index is -0.687. The minimum absolute atomic E-state index is 0.408. The predicted octanol–water partition coefficient (Wildman–Crippen LogP) is 3.50. The van der Waals surface area contributed by atoms with E-state index in [1.807, 2.05) is 0 Å². The van der Waals surface area contributed by atoms with Crippen LogP contribution in [0.1, 0.15) is 25.7 Å². The van der Waals surface area contributed by atoms with Crippen LogP contribution in [0.25, 0.3) is 0 Å². The summed E-state index contributed by atoms with van der Waals surface area (Å²) in [6, 6.07) is 0. The number of nitrogens with two attached hydrogens (primary N) is 1. The molecule has 0 fully saturated rings. The average Bonchev–Trinajstić information content (AvgIpc) is 2.45. The van der Waals surface area contributed by atoms with Crippen molar-refractivity contribution in [2.75, 3.05) is 6.61 Å². The van der Waals surface area contributed by atoms with Crippen molar-refractivity contribution in [3.63, 3.8) is 0 Å². The van der Waals surface area contributed by atoms with Gasteiger partial charge in [-0.05, 0) is 37.2 Å². The van der Waals surface area contributed by atoms with Gasteiger partial charge in [0.1, 0.15) is 0 Å². The Bertz CT molecular complexity index is 432. The molecule has 2 rings (SSSR count). The van der Waals surface area contributed by atoms with Gasteiger partial charge in [-0.3, -0.25) is 0 Å². The molecular weight excluding hydrogens is 238 g/mol. The molecule has 102 valence electrons. The zero-order chi connectivity index (χ0) is 13.5. The quantitative estimate of drug-likeness (QED) is 0.768. The molecule has 1 amide bonds. The number of hydrogen-bond acceptors (Lipinski definition) is 2. The Kier molecular flexibility index (Phi) is 5.01. The van der Waals surface area contributed by atoms with Crippen LogP contribution in [0.3, 0.4) is 0 Å². The summed E-state index contributed by atoms with van der Waals surface area (Å²) in [5.41, 5.74) is 6.36. The third-order valence-electron chi connectivity index (χ3n) is 3.58. The number of allylic oxidation sites excluding steroid dienone is 8. The second-order valence-corrected chi connectivity index (χ2v) is 4.95. The van der Waals surface area contributed by atoms with E-state index >= 15 is 0 Å². The smallest absolute Gasteiger partial charge is 0.404 e. The van der Waals surface area contributed by atoms with Crippen molar-refractivity contribution in [3.05, 3.63) is 48.1 Å². The maximum Gasteiger partial charge on any atom is 0.404 e. The van der Waals surface area contributed by atoms with Crippen LogP contribution in [0.5, 0.6) is 0 Å². The van der Waals surface area contributed by atoms with Gasteiger partial charge in [0.2, 0.25) is 0 Å². The first kappa shape index (κ1) is 13.7. The molecule has 3 nitrogen and oxygen atoms in total. The largest absolute Gasteiger partial charge is 0.450 e. The minimum Gasteiger partial charge on any atom is -0.450 e. The topological polar surface area (TPSA) is 52.3 Å². The van der Waals surface area contributed by atoms with E-state index in [1.54, 1.807) is 0 Å². The van der Waals surface area contributed by atoms with Crippen molar-refractivity contribution in [1.29, 1.82) is 0 Å². The Labute approximate surface area is 114 Å². The van der Waals surface area contributed by atoms with E-state index in [9.17, 15) is 4.79 Å². The van der Waals surface area contributed by atoms with Crippen LogP contribution in [0, 0.1) is 11.8 Å². The lowest BCUT2D eigenvalue weighted by Gasteiger charge is -2.26. The molecule has 0 aromatic rings. The molecule has 2 N–H and O–H groups in total. The van der Waals surface area contributed by atoms with Gasteiger partial charge in [0.05, 0.1) is 6.61 Å². The van der Waals surface area contributed by atoms with Crippen molar-refractivity contribution in [3.8, 4) is 0 Å². The number of primary amides is 1. The number of rotatable bonds is 5. The molecule has 3 heteroatoms. The second kappa shape index (κ2) is 6.98. The molecule has 0 saturated carbocycles. The van der Waals surface area contributed by atoms with Crippen molar-refractivity contribution in [1.82, 2.24) is 0 Å². The summed E-state index contributed by atoms with van der Waals surface area (Å²) in [7, 11) is 0. The first-order chi connectivity index (χ1) is 9.27. The molecule has 2 aliphatic carbocycles. The van der Waals surface area contributed by atoms with Crippen molar-refractivity contribution in [2.45, 2.75) is 25.7 Å². The van der Waals surface area contributed by atoms with Gasteiger partial charge >= 0.3 is 6.09 Å². The average molecular weight is 259 g/mol. The van der Waals surface area contributed by atoms with Crippen LogP contribution in [0.15, 0.2) is 48.1 Å².